The van der Waals surface area contributed by atoms with Crippen molar-refractivity contribution >= 4 is 84.0 Å². The van der Waals surface area contributed by atoms with Gasteiger partial charge in [0.15, 0.2) is 0 Å². The lowest BCUT2D eigenvalue weighted by Crippen LogP contribution is -2.50. The highest BCUT2D eigenvalue weighted by molar-refractivity contribution is 7.14. The van der Waals surface area contributed by atoms with E-state index < -0.39 is 64.6 Å². The van der Waals surface area contributed by atoms with Gasteiger partial charge in [0.1, 0.15) is 30.9 Å². The first-order valence-electron chi connectivity index (χ1n) is 34.7. The van der Waals surface area contributed by atoms with E-state index in [-0.39, 0.29) is 92.8 Å². The van der Waals surface area contributed by atoms with E-state index in [1.807, 2.05) is 90.8 Å². The van der Waals surface area contributed by atoms with Gasteiger partial charge in [-0.1, -0.05) is 98.3 Å². The molecule has 562 valence electrons. The number of para-hydroxylation sites is 1. The monoisotopic (exact) mass is 1520 g/mol. The Hall–Kier alpha value is -6.87. The number of piperidine rings is 2. The van der Waals surface area contributed by atoms with E-state index in [1.54, 1.807) is 23.9 Å². The molecule has 4 aliphatic rings. The zero-order valence-corrected chi connectivity index (χ0v) is 61.9. The fraction of sp³-hybridized carbons (Fsp3) is 0.487. The van der Waals surface area contributed by atoms with Gasteiger partial charge in [-0.25, -0.2) is 9.18 Å². The molecule has 0 unspecified atom stereocenters. The average molecular weight is 1520 g/mol. The summed E-state index contributed by atoms with van der Waals surface area (Å²) in [6.07, 6.45) is -2.81. The summed E-state index contributed by atoms with van der Waals surface area (Å²) in [5, 5.41) is 2.94. The number of halogens is 10. The molecule has 0 bridgehead atoms. The first-order chi connectivity index (χ1) is 47.9. The predicted octanol–water partition coefficient (Wildman–Crippen LogP) is 15.1. The van der Waals surface area contributed by atoms with Gasteiger partial charge in [-0.15, -0.1) is 48.6 Å². The maximum absolute atomic E-state index is 14.3. The van der Waals surface area contributed by atoms with E-state index in [9.17, 15) is 54.7 Å². The van der Waals surface area contributed by atoms with E-state index in [1.165, 1.54) is 41.2 Å². The second-order valence-electron chi connectivity index (χ2n) is 27.0. The summed E-state index contributed by atoms with van der Waals surface area (Å²) in [5.74, 6) is -1.73. The SMILES string of the molecule is CCCN(CCCCCC(=O)N(C)CCN1CCC(OC(=O)Nc2ccccc2-c2ccccc2)CC1)Cc1ccc(C(=O)N(C)CCCN(C)C(=O)CO[C@H]2Cc3ccccc3C23CCN(CC[C@]2(c4ccc(F)cc4)CN(C(=O)c4cc(C(F)(F)F)cc(C(F)(F)F)c4)CO2)CC3)s1.Cl.Cl.Cl. The lowest BCUT2D eigenvalue weighted by molar-refractivity contribution is -0.143. The van der Waals surface area contributed by atoms with Gasteiger partial charge in [0.2, 0.25) is 11.8 Å². The largest absolute Gasteiger partial charge is 0.446 e. The number of hydrogen-bond acceptors (Lipinski definition) is 12. The van der Waals surface area contributed by atoms with E-state index in [2.05, 4.69) is 39.1 Å². The van der Waals surface area contributed by atoms with Crippen molar-refractivity contribution in [3.63, 3.8) is 0 Å². The molecule has 5 amide bonds. The van der Waals surface area contributed by atoms with Crippen LogP contribution in [0.4, 0.5) is 41.2 Å². The van der Waals surface area contributed by atoms with E-state index in [4.69, 9.17) is 14.2 Å². The van der Waals surface area contributed by atoms with Gasteiger partial charge in [-0.3, -0.25) is 29.4 Å². The molecule has 0 saturated carbocycles. The number of hydrogen-bond donors (Lipinski definition) is 1. The summed E-state index contributed by atoms with van der Waals surface area (Å²) < 4.78 is 116. The summed E-state index contributed by atoms with van der Waals surface area (Å²) in [6.45, 7) is 9.37. The highest BCUT2D eigenvalue weighted by atomic mass is 35.5. The normalized spacial score (nSPS) is 17.6. The van der Waals surface area contributed by atoms with Crippen molar-refractivity contribution in [1.29, 1.82) is 0 Å². The number of likely N-dealkylation sites (tertiary alicyclic amines) is 2. The number of likely N-dealkylation sites (N-methyl/N-ethyl adjacent to an activating group) is 2. The summed E-state index contributed by atoms with van der Waals surface area (Å²) in [5.41, 5.74) is -0.214. The Morgan fingerprint density at radius 3 is 2.00 bits per heavy atom. The first-order valence-corrected chi connectivity index (χ1v) is 35.5. The molecule has 1 aliphatic carbocycles. The molecule has 1 spiro atoms. The van der Waals surface area contributed by atoms with E-state index in [0.717, 1.165) is 104 Å². The maximum Gasteiger partial charge on any atom is 0.416 e. The first kappa shape index (κ1) is 83.4. The van der Waals surface area contributed by atoms with E-state index >= 15 is 0 Å². The summed E-state index contributed by atoms with van der Waals surface area (Å²) in [4.78, 5) is 82.2. The third-order valence-corrected chi connectivity index (χ3v) is 21.2. The standard InChI is InChI=1S/C76H91F7N8O8S.3ClH/c1-5-35-90(38-15-7-10-23-68(92)86(3)44-45-88-39-30-61(31-40-88)99-72(96)84-65-22-14-12-20-63(65)54-17-8-6-9-18-54)50-62-28-29-66(100-62)71(95)87(4)37-16-36-85(2)69(93)51-97-67-48-55-19-11-13-21-64(55)73(67)32-41-89(42-33-73)43-34-74(57-24-26-60(77)27-25-57)52-91(53-98-74)70(94)56-46-58(75(78,79)80)49-59(47-56)76(81,82)83;;;/h6,8-9,11-14,17-22,24-29,46-47,49,61,67H,5,7,10,15-16,23,30-45,48,50-53H2,1-4H3,(H,84,96);3*1H/t67-,74+;;;/m0.../s1. The second kappa shape index (κ2) is 37.9. The summed E-state index contributed by atoms with van der Waals surface area (Å²) in [7, 11) is 5.38. The number of anilines is 1. The summed E-state index contributed by atoms with van der Waals surface area (Å²) >= 11 is 1.50. The maximum atomic E-state index is 14.3. The number of alkyl halides is 6. The number of thiophene rings is 1. The van der Waals surface area contributed by atoms with Crippen LogP contribution in [-0.4, -0.2) is 189 Å². The number of carbonyl (C=O) groups excluding carboxylic acids is 5. The molecule has 3 saturated heterocycles. The Morgan fingerprint density at radius 1 is 0.670 bits per heavy atom. The number of carbonyl (C=O) groups is 5. The quantitative estimate of drug-likeness (QED) is 0.0353. The minimum Gasteiger partial charge on any atom is -0.446 e. The van der Waals surface area contributed by atoms with Crippen LogP contribution in [-0.2, 0) is 60.1 Å². The molecule has 5 aromatic carbocycles. The van der Waals surface area contributed by atoms with Gasteiger partial charge in [0, 0.05) is 101 Å². The highest BCUT2D eigenvalue weighted by Gasteiger charge is 2.50. The van der Waals surface area contributed by atoms with Gasteiger partial charge >= 0.3 is 18.4 Å². The van der Waals surface area contributed by atoms with Crippen LogP contribution in [0.1, 0.15) is 130 Å². The van der Waals surface area contributed by atoms with Crippen LogP contribution in [0, 0.1) is 5.82 Å². The van der Waals surface area contributed by atoms with Gasteiger partial charge in [0.05, 0.1) is 34.3 Å². The molecule has 27 heteroatoms. The molecule has 103 heavy (non-hydrogen) atoms. The smallest absolute Gasteiger partial charge is 0.416 e. The molecule has 0 radical (unpaired) electrons. The van der Waals surface area contributed by atoms with Crippen LogP contribution >= 0.6 is 48.6 Å². The van der Waals surface area contributed by atoms with Gasteiger partial charge < -0.3 is 43.6 Å². The predicted molar refractivity (Wildman–Crippen MR) is 392 cm³/mol. The average Bonchev–Trinajstić information content (AvgIpc) is 1.62. The van der Waals surface area contributed by atoms with Crippen LogP contribution < -0.4 is 5.32 Å². The fourth-order valence-corrected chi connectivity index (χ4v) is 15.4. The molecule has 16 nitrogen and oxygen atoms in total. The molecular formula is C76H94Cl3F7N8O8S. The number of fused-ring (bicyclic) bond motifs is 2. The highest BCUT2D eigenvalue weighted by Crippen LogP contribution is 2.49. The van der Waals surface area contributed by atoms with Crippen LogP contribution in [0.3, 0.4) is 0 Å². The molecular weight excluding hydrogens is 1420 g/mol. The number of benzene rings is 5. The Balaban J connectivity index is 0.00000495. The number of nitrogens with one attached hydrogen (secondary N) is 1. The molecule has 2 atom stereocenters. The van der Waals surface area contributed by atoms with Gasteiger partial charge in [0.25, 0.3) is 11.8 Å². The Kier molecular flexibility index (Phi) is 30.7. The van der Waals surface area contributed by atoms with Crippen molar-refractivity contribution in [3.8, 4) is 11.1 Å². The van der Waals surface area contributed by atoms with E-state index in [0.29, 0.717) is 99.6 Å². The Labute approximate surface area is 621 Å². The van der Waals surface area contributed by atoms with Gasteiger partial charge in [-0.2, -0.15) is 26.3 Å². The fourth-order valence-electron chi connectivity index (χ4n) is 14.3. The molecule has 3 fully saturated rings. The zero-order valence-electron chi connectivity index (χ0n) is 58.6. The number of unbranched alkanes of at least 4 members (excludes halogenated alkanes) is 2. The molecule has 3 aliphatic heterocycles. The molecule has 10 rings (SSSR count). The minimum atomic E-state index is -5.15. The Morgan fingerprint density at radius 2 is 1.31 bits per heavy atom. The van der Waals surface area contributed by atoms with Crippen LogP contribution in [0.5, 0.6) is 0 Å². The molecule has 1 aromatic heterocycles. The van der Waals surface area contributed by atoms with Crippen molar-refractivity contribution in [2.24, 2.45) is 0 Å². The van der Waals surface area contributed by atoms with Crippen molar-refractivity contribution in [3.05, 3.63) is 182 Å². The molecule has 4 heterocycles. The van der Waals surface area contributed by atoms with Crippen LogP contribution in [0.2, 0.25) is 0 Å². The molecule has 6 aromatic rings. The van der Waals surface area contributed by atoms with Crippen molar-refractivity contribution in [2.45, 2.75) is 126 Å². The Bertz CT molecular complexity index is 3720. The number of rotatable bonds is 29. The van der Waals surface area contributed by atoms with Crippen LogP contribution in [0.15, 0.2) is 133 Å². The lowest BCUT2D eigenvalue weighted by Gasteiger charge is -2.44. The lowest BCUT2D eigenvalue weighted by atomic mass is 9.72. The van der Waals surface area contributed by atoms with Crippen molar-refractivity contribution in [2.75, 3.05) is 118 Å². The minimum absolute atomic E-state index is 0. The van der Waals surface area contributed by atoms with Crippen LogP contribution in [0.25, 0.3) is 11.1 Å². The van der Waals surface area contributed by atoms with Crippen molar-refractivity contribution < 1.29 is 68.9 Å². The number of ether oxygens (including phenoxy) is 3. The second-order valence-corrected chi connectivity index (χ2v) is 28.2. The zero-order chi connectivity index (χ0) is 71.2. The third kappa shape index (κ3) is 21.9. The summed E-state index contributed by atoms with van der Waals surface area (Å²) in [6, 6.07) is 35.9. The van der Waals surface area contributed by atoms with Crippen molar-refractivity contribution in [1.82, 2.24) is 34.3 Å². The molecule has 1 N–H and O–H groups in total. The third-order valence-electron chi connectivity index (χ3n) is 20.1. The number of nitrogens with zero attached hydrogens (tertiary/aromatic N) is 7. The van der Waals surface area contributed by atoms with Gasteiger partial charge in [-0.05, 0) is 161 Å². The topological polar surface area (TPSA) is 148 Å². The number of amides is 5.